The van der Waals surface area contributed by atoms with Crippen molar-refractivity contribution in [2.24, 2.45) is 0 Å². The van der Waals surface area contributed by atoms with Crippen LogP contribution >= 0.6 is 15.9 Å². The van der Waals surface area contributed by atoms with Gasteiger partial charge in [-0.15, -0.1) is 0 Å². The molecule has 0 saturated heterocycles. The second-order valence-electron chi connectivity index (χ2n) is 5.31. The minimum absolute atomic E-state index is 0.0366. The van der Waals surface area contributed by atoms with Gasteiger partial charge in [0, 0.05) is 10.5 Å². The van der Waals surface area contributed by atoms with Gasteiger partial charge < -0.3 is 24.6 Å². The highest BCUT2D eigenvalue weighted by Crippen LogP contribution is 2.29. The van der Waals surface area contributed by atoms with Crippen molar-refractivity contribution >= 4 is 33.5 Å². The third-order valence-corrected chi connectivity index (χ3v) is 3.84. The molecule has 7 nitrogen and oxygen atoms in total. The van der Waals surface area contributed by atoms with E-state index in [1.54, 1.807) is 24.3 Å². The van der Waals surface area contributed by atoms with E-state index in [9.17, 15) is 14.7 Å². The van der Waals surface area contributed by atoms with Crippen LogP contribution in [0.25, 0.3) is 0 Å². The van der Waals surface area contributed by atoms with Gasteiger partial charge >= 0.3 is 5.97 Å². The second kappa shape index (κ2) is 9.82. The average Bonchev–Trinajstić information content (AvgIpc) is 2.64. The lowest BCUT2D eigenvalue weighted by Gasteiger charge is -2.13. The van der Waals surface area contributed by atoms with Crippen LogP contribution in [0.15, 0.2) is 40.9 Å². The maximum atomic E-state index is 12.2. The number of phenols is 1. The van der Waals surface area contributed by atoms with Gasteiger partial charge in [0.05, 0.1) is 18.9 Å². The summed E-state index contributed by atoms with van der Waals surface area (Å²) in [7, 11) is 0. The third-order valence-electron chi connectivity index (χ3n) is 3.35. The predicted octanol–water partition coefficient (Wildman–Crippen LogP) is 3.75. The topological polar surface area (TPSA) is 94.1 Å². The summed E-state index contributed by atoms with van der Waals surface area (Å²) in [5.74, 6) is -0.534. The number of ether oxygens (including phenoxy) is 3. The zero-order valence-electron chi connectivity index (χ0n) is 15.0. The van der Waals surface area contributed by atoms with E-state index in [4.69, 9.17) is 14.2 Å². The lowest BCUT2D eigenvalue weighted by molar-refractivity contribution is -0.119. The number of phenolic OH excluding ortho intramolecular Hbond substituents is 1. The summed E-state index contributed by atoms with van der Waals surface area (Å²) in [6.07, 6.45) is 0. The fraction of sp³-hybridized carbons (Fsp3) is 0.263. The monoisotopic (exact) mass is 437 g/mol. The van der Waals surface area contributed by atoms with E-state index in [0.717, 1.165) is 0 Å². The summed E-state index contributed by atoms with van der Waals surface area (Å²) in [5, 5.41) is 12.4. The fourth-order valence-electron chi connectivity index (χ4n) is 2.21. The Morgan fingerprint density at radius 2 is 1.81 bits per heavy atom. The Hall–Kier alpha value is -2.74. The number of carbonyl (C=O) groups excluding carboxylic acids is 2. The van der Waals surface area contributed by atoms with Crippen molar-refractivity contribution in [3.05, 3.63) is 46.4 Å². The Balaban J connectivity index is 2.03. The molecule has 0 saturated carbocycles. The highest BCUT2D eigenvalue weighted by atomic mass is 79.9. The van der Waals surface area contributed by atoms with Crippen LogP contribution in [0.2, 0.25) is 0 Å². The van der Waals surface area contributed by atoms with E-state index in [1.807, 2.05) is 13.8 Å². The molecule has 2 N–H and O–H groups in total. The molecule has 2 rings (SSSR count). The van der Waals surface area contributed by atoms with Gasteiger partial charge in [0.25, 0.3) is 5.91 Å². The normalized spacial score (nSPS) is 10.2. The smallest absolute Gasteiger partial charge is 0.342 e. The molecule has 8 heteroatoms. The Morgan fingerprint density at radius 1 is 1.07 bits per heavy atom. The van der Waals surface area contributed by atoms with Crippen molar-refractivity contribution in [3.8, 4) is 17.2 Å². The van der Waals surface area contributed by atoms with E-state index in [2.05, 4.69) is 21.2 Å². The van der Waals surface area contributed by atoms with Gasteiger partial charge in [0.15, 0.2) is 6.61 Å². The number of amides is 1. The summed E-state index contributed by atoms with van der Waals surface area (Å²) < 4.78 is 16.5. The van der Waals surface area contributed by atoms with Crippen LogP contribution in [0.3, 0.4) is 0 Å². The Bertz CT molecular complexity index is 824. The number of anilines is 1. The molecule has 2 aromatic carbocycles. The maximum Gasteiger partial charge on any atom is 0.342 e. The Morgan fingerprint density at radius 3 is 2.52 bits per heavy atom. The number of hydrogen-bond donors (Lipinski definition) is 2. The van der Waals surface area contributed by atoms with Crippen molar-refractivity contribution in [2.45, 2.75) is 13.8 Å². The molecule has 0 radical (unpaired) electrons. The molecule has 0 aliphatic carbocycles. The van der Waals surface area contributed by atoms with Crippen LogP contribution < -0.4 is 14.8 Å². The van der Waals surface area contributed by atoms with Crippen molar-refractivity contribution < 1.29 is 28.9 Å². The first-order valence-electron chi connectivity index (χ1n) is 8.29. The van der Waals surface area contributed by atoms with Crippen LogP contribution in [-0.4, -0.2) is 36.8 Å². The molecule has 144 valence electrons. The number of hydrogen-bond acceptors (Lipinski definition) is 6. The van der Waals surface area contributed by atoms with Crippen molar-refractivity contribution in [2.75, 3.05) is 25.1 Å². The van der Waals surface area contributed by atoms with Crippen LogP contribution in [0, 0.1) is 0 Å². The Labute approximate surface area is 165 Å². The second-order valence-corrected chi connectivity index (χ2v) is 6.23. The van der Waals surface area contributed by atoms with Crippen LogP contribution in [0.5, 0.6) is 17.2 Å². The quantitative estimate of drug-likeness (QED) is 0.610. The molecule has 0 heterocycles. The van der Waals surface area contributed by atoms with E-state index in [1.165, 1.54) is 12.1 Å². The largest absolute Gasteiger partial charge is 0.507 e. The minimum atomic E-state index is -0.808. The molecule has 0 atom stereocenters. The lowest BCUT2D eigenvalue weighted by atomic mass is 10.2. The molecule has 0 bridgehead atoms. The SMILES string of the molecule is CCOc1ccc(OCC)c(NC(=O)COC(=O)c2cc(Br)ccc2O)c1. The first-order chi connectivity index (χ1) is 12.9. The van der Waals surface area contributed by atoms with E-state index in [0.29, 0.717) is 34.9 Å². The summed E-state index contributed by atoms with van der Waals surface area (Å²) in [5.41, 5.74) is 0.375. The van der Waals surface area contributed by atoms with E-state index in [-0.39, 0.29) is 11.3 Å². The molecule has 27 heavy (non-hydrogen) atoms. The van der Waals surface area contributed by atoms with Gasteiger partial charge in [0.2, 0.25) is 0 Å². The van der Waals surface area contributed by atoms with Gasteiger partial charge in [-0.25, -0.2) is 4.79 Å². The van der Waals surface area contributed by atoms with Crippen LogP contribution in [-0.2, 0) is 9.53 Å². The minimum Gasteiger partial charge on any atom is -0.507 e. The Kier molecular flexibility index (Phi) is 7.48. The molecular formula is C19H20BrNO6. The first kappa shape index (κ1) is 20.6. The first-order valence-corrected chi connectivity index (χ1v) is 9.09. The molecule has 0 aliphatic rings. The summed E-state index contributed by atoms with van der Waals surface area (Å²) >= 11 is 3.21. The van der Waals surface area contributed by atoms with Crippen LogP contribution in [0.4, 0.5) is 5.69 Å². The number of nitrogens with one attached hydrogen (secondary N) is 1. The standard InChI is InChI=1S/C19H20BrNO6/c1-3-25-13-6-8-17(26-4-2)15(10-13)21-18(23)11-27-19(24)14-9-12(20)5-7-16(14)22/h5-10,22H,3-4,11H2,1-2H3,(H,21,23). The molecule has 0 aromatic heterocycles. The van der Waals surface area contributed by atoms with E-state index < -0.39 is 18.5 Å². The zero-order valence-corrected chi connectivity index (χ0v) is 16.5. The fourth-order valence-corrected chi connectivity index (χ4v) is 2.57. The molecule has 2 aromatic rings. The van der Waals surface area contributed by atoms with Gasteiger partial charge in [0.1, 0.15) is 22.8 Å². The molecule has 0 spiro atoms. The van der Waals surface area contributed by atoms with Crippen molar-refractivity contribution in [1.29, 1.82) is 0 Å². The average molecular weight is 438 g/mol. The molecular weight excluding hydrogens is 418 g/mol. The summed E-state index contributed by atoms with van der Waals surface area (Å²) in [4.78, 5) is 24.2. The number of rotatable bonds is 8. The van der Waals surface area contributed by atoms with E-state index >= 15 is 0 Å². The predicted molar refractivity (Wildman–Crippen MR) is 103 cm³/mol. The van der Waals surface area contributed by atoms with Crippen molar-refractivity contribution in [3.63, 3.8) is 0 Å². The third kappa shape index (κ3) is 5.89. The van der Waals surface area contributed by atoms with Gasteiger partial charge in [-0.3, -0.25) is 4.79 Å². The summed E-state index contributed by atoms with van der Waals surface area (Å²) in [6, 6.07) is 9.41. The van der Waals surface area contributed by atoms with Crippen molar-refractivity contribution in [1.82, 2.24) is 0 Å². The lowest BCUT2D eigenvalue weighted by Crippen LogP contribution is -2.21. The maximum absolute atomic E-state index is 12.2. The number of esters is 1. The summed E-state index contributed by atoms with van der Waals surface area (Å²) in [6.45, 7) is 4.07. The number of carbonyl (C=O) groups is 2. The van der Waals surface area contributed by atoms with Crippen LogP contribution in [0.1, 0.15) is 24.2 Å². The zero-order chi connectivity index (χ0) is 19.8. The molecule has 1 amide bonds. The number of halogens is 1. The highest BCUT2D eigenvalue weighted by Gasteiger charge is 2.16. The number of benzene rings is 2. The van der Waals surface area contributed by atoms with Gasteiger partial charge in [-0.2, -0.15) is 0 Å². The highest BCUT2D eigenvalue weighted by molar-refractivity contribution is 9.10. The molecule has 0 unspecified atom stereocenters. The van der Waals surface area contributed by atoms with Gasteiger partial charge in [-0.05, 0) is 44.2 Å². The number of aromatic hydroxyl groups is 1. The molecule has 0 fully saturated rings. The van der Waals surface area contributed by atoms with Gasteiger partial charge in [-0.1, -0.05) is 15.9 Å². The molecule has 0 aliphatic heterocycles.